The molecule has 2 atom stereocenters. The molecule has 0 radical (unpaired) electrons. The summed E-state index contributed by atoms with van der Waals surface area (Å²) in [6.45, 7) is 4.83. The topological polar surface area (TPSA) is 61.1 Å². The second-order valence-corrected chi connectivity index (χ2v) is 5.68. The number of imidazole rings is 1. The average Bonchev–Trinajstić information content (AvgIpc) is 2.80. The second kappa shape index (κ2) is 5.23. The summed E-state index contributed by atoms with van der Waals surface area (Å²) in [6.07, 6.45) is -0.0449. The number of nitrogens with one attached hydrogen (secondary N) is 2. The quantitative estimate of drug-likeness (QED) is 0.796. The van der Waals surface area contributed by atoms with E-state index in [1.165, 1.54) is 12.1 Å². The lowest BCUT2D eigenvalue weighted by atomic mass is 10.1. The molecule has 2 heterocycles. The van der Waals surface area contributed by atoms with Crippen LogP contribution in [0.5, 0.6) is 0 Å². The van der Waals surface area contributed by atoms with Gasteiger partial charge in [0.25, 0.3) is 5.91 Å². The van der Waals surface area contributed by atoms with Gasteiger partial charge in [-0.05, 0) is 38.2 Å². The molecule has 2 aromatic rings. The molecule has 7 heteroatoms. The van der Waals surface area contributed by atoms with Crippen LogP contribution in [-0.2, 0) is 4.74 Å². The molecule has 1 aliphatic heterocycles. The number of aromatic nitrogens is 2. The van der Waals surface area contributed by atoms with E-state index in [1.54, 1.807) is 4.90 Å². The Morgan fingerprint density at radius 3 is 2.95 bits per heavy atom. The van der Waals surface area contributed by atoms with Crippen molar-refractivity contribution in [1.29, 1.82) is 0 Å². The molecule has 1 aromatic carbocycles. The van der Waals surface area contributed by atoms with E-state index in [4.69, 9.17) is 17.0 Å². The number of carbonyl (C=O) groups excluding carboxylic acids is 1. The number of rotatable bonds is 1. The Hall–Kier alpha value is -1.73. The zero-order chi connectivity index (χ0) is 15.1. The number of hydrogen-bond acceptors (Lipinski definition) is 3. The Morgan fingerprint density at radius 2 is 2.19 bits per heavy atom. The third-order valence-corrected chi connectivity index (χ3v) is 4.17. The Kier molecular flexibility index (Phi) is 3.54. The number of halogens is 1. The standard InChI is InChI=1S/C14H16FN3O2S/c1-7-8(2)20-4-3-18(7)13(19)10-5-9(15)6-11-12(10)17-14(21)16-11/h5-8H,3-4H2,1-2H3,(H2,16,17,21)/t7-,8-/m0/s1. The van der Waals surface area contributed by atoms with Crippen molar-refractivity contribution in [2.45, 2.75) is 26.0 Å². The van der Waals surface area contributed by atoms with Crippen LogP contribution in [0.15, 0.2) is 12.1 Å². The number of morpholine rings is 1. The van der Waals surface area contributed by atoms with Gasteiger partial charge in [-0.2, -0.15) is 0 Å². The lowest BCUT2D eigenvalue weighted by Gasteiger charge is -2.37. The third kappa shape index (κ3) is 2.47. The molecule has 1 aliphatic rings. The van der Waals surface area contributed by atoms with Crippen LogP contribution in [0.25, 0.3) is 11.0 Å². The van der Waals surface area contributed by atoms with E-state index < -0.39 is 5.82 Å². The fourth-order valence-corrected chi connectivity index (χ4v) is 2.86. The number of aromatic amines is 2. The lowest BCUT2D eigenvalue weighted by Crippen LogP contribution is -2.51. The largest absolute Gasteiger partial charge is 0.375 e. The third-order valence-electron chi connectivity index (χ3n) is 3.97. The van der Waals surface area contributed by atoms with E-state index in [1.807, 2.05) is 13.8 Å². The summed E-state index contributed by atoms with van der Waals surface area (Å²) in [5, 5.41) is 0. The fourth-order valence-electron chi connectivity index (χ4n) is 2.65. The lowest BCUT2D eigenvalue weighted by molar-refractivity contribution is -0.0440. The Morgan fingerprint density at radius 1 is 1.43 bits per heavy atom. The van der Waals surface area contributed by atoms with Crippen molar-refractivity contribution < 1.29 is 13.9 Å². The maximum Gasteiger partial charge on any atom is 0.256 e. The predicted molar refractivity (Wildman–Crippen MR) is 79.4 cm³/mol. The monoisotopic (exact) mass is 309 g/mol. The first kappa shape index (κ1) is 14.2. The zero-order valence-electron chi connectivity index (χ0n) is 11.8. The molecule has 2 N–H and O–H groups in total. The van der Waals surface area contributed by atoms with Gasteiger partial charge in [-0.25, -0.2) is 4.39 Å². The van der Waals surface area contributed by atoms with Crippen LogP contribution in [0.2, 0.25) is 0 Å². The maximum absolute atomic E-state index is 13.7. The van der Waals surface area contributed by atoms with Crippen molar-refractivity contribution in [1.82, 2.24) is 14.9 Å². The number of benzene rings is 1. The summed E-state index contributed by atoms with van der Waals surface area (Å²) < 4.78 is 19.6. The number of ether oxygens (including phenoxy) is 1. The van der Waals surface area contributed by atoms with E-state index in [9.17, 15) is 9.18 Å². The van der Waals surface area contributed by atoms with Crippen molar-refractivity contribution in [3.8, 4) is 0 Å². The molecule has 3 rings (SSSR count). The first-order valence-corrected chi connectivity index (χ1v) is 7.22. The van der Waals surface area contributed by atoms with Crippen molar-refractivity contribution in [2.24, 2.45) is 0 Å². The molecule has 1 saturated heterocycles. The second-order valence-electron chi connectivity index (χ2n) is 5.27. The average molecular weight is 309 g/mol. The van der Waals surface area contributed by atoms with Gasteiger partial charge in [-0.3, -0.25) is 4.79 Å². The van der Waals surface area contributed by atoms with E-state index in [0.717, 1.165) is 0 Å². The molecule has 21 heavy (non-hydrogen) atoms. The highest BCUT2D eigenvalue weighted by molar-refractivity contribution is 7.71. The molecule has 0 unspecified atom stereocenters. The first-order valence-electron chi connectivity index (χ1n) is 6.81. The molecular weight excluding hydrogens is 293 g/mol. The summed E-state index contributed by atoms with van der Waals surface area (Å²) in [4.78, 5) is 20.2. The van der Waals surface area contributed by atoms with Crippen LogP contribution in [0, 0.1) is 10.6 Å². The number of hydrogen-bond donors (Lipinski definition) is 2. The van der Waals surface area contributed by atoms with Gasteiger partial charge >= 0.3 is 0 Å². The number of amides is 1. The SMILES string of the molecule is C[C@@H]1OCCN(C(=O)c2cc(F)cc3[nH]c(=S)[nH]c23)[C@H]1C. The number of nitrogens with zero attached hydrogens (tertiary/aromatic N) is 1. The molecule has 0 aliphatic carbocycles. The van der Waals surface area contributed by atoms with Crippen LogP contribution < -0.4 is 0 Å². The zero-order valence-corrected chi connectivity index (χ0v) is 12.6. The molecule has 0 bridgehead atoms. The highest BCUT2D eigenvalue weighted by Gasteiger charge is 2.31. The Labute approximate surface area is 126 Å². The van der Waals surface area contributed by atoms with E-state index in [-0.39, 0.29) is 18.1 Å². The first-order chi connectivity index (χ1) is 9.97. The molecule has 0 saturated carbocycles. The molecule has 112 valence electrons. The van der Waals surface area contributed by atoms with Crippen molar-refractivity contribution in [3.63, 3.8) is 0 Å². The van der Waals surface area contributed by atoms with E-state index in [0.29, 0.717) is 34.5 Å². The van der Waals surface area contributed by atoms with Gasteiger partial charge in [0.2, 0.25) is 0 Å². The molecule has 1 fully saturated rings. The van der Waals surface area contributed by atoms with Gasteiger partial charge in [0.1, 0.15) is 5.82 Å². The van der Waals surface area contributed by atoms with Crippen LogP contribution >= 0.6 is 12.2 Å². The predicted octanol–water partition coefficient (Wildman–Crippen LogP) is 2.61. The number of H-pyrrole nitrogens is 2. The fraction of sp³-hybridized carbons (Fsp3) is 0.429. The van der Waals surface area contributed by atoms with Crippen LogP contribution in [-0.4, -0.2) is 46.1 Å². The van der Waals surface area contributed by atoms with Gasteiger partial charge in [0.15, 0.2) is 4.77 Å². The summed E-state index contributed by atoms with van der Waals surface area (Å²) >= 11 is 5.02. The van der Waals surface area contributed by atoms with Gasteiger partial charge in [-0.1, -0.05) is 0 Å². The Balaban J connectivity index is 2.07. The smallest absolute Gasteiger partial charge is 0.256 e. The van der Waals surface area contributed by atoms with Crippen molar-refractivity contribution >= 4 is 29.2 Å². The van der Waals surface area contributed by atoms with Crippen LogP contribution in [0.4, 0.5) is 4.39 Å². The molecule has 1 aromatic heterocycles. The van der Waals surface area contributed by atoms with Crippen molar-refractivity contribution in [3.05, 3.63) is 28.3 Å². The minimum atomic E-state index is -0.468. The minimum Gasteiger partial charge on any atom is -0.375 e. The van der Waals surface area contributed by atoms with Gasteiger partial charge in [0, 0.05) is 6.54 Å². The summed E-state index contributed by atoms with van der Waals surface area (Å²) in [6, 6.07) is 2.51. The highest BCUT2D eigenvalue weighted by atomic mass is 32.1. The summed E-state index contributed by atoms with van der Waals surface area (Å²) in [7, 11) is 0. The van der Waals surface area contributed by atoms with E-state index in [2.05, 4.69) is 9.97 Å². The highest BCUT2D eigenvalue weighted by Crippen LogP contribution is 2.22. The van der Waals surface area contributed by atoms with Crippen LogP contribution in [0.1, 0.15) is 24.2 Å². The van der Waals surface area contributed by atoms with Gasteiger partial charge in [-0.15, -0.1) is 0 Å². The minimum absolute atomic E-state index is 0.0449. The summed E-state index contributed by atoms with van der Waals surface area (Å²) in [5.41, 5.74) is 1.33. The Bertz CT molecular complexity index is 754. The summed E-state index contributed by atoms with van der Waals surface area (Å²) in [5.74, 6) is -0.683. The molecule has 1 amide bonds. The number of carbonyl (C=O) groups is 1. The molecule has 5 nitrogen and oxygen atoms in total. The number of fused-ring (bicyclic) bond motifs is 1. The molecular formula is C14H16FN3O2S. The normalized spacial score (nSPS) is 22.7. The van der Waals surface area contributed by atoms with Crippen molar-refractivity contribution in [2.75, 3.05) is 13.2 Å². The van der Waals surface area contributed by atoms with E-state index >= 15 is 0 Å². The van der Waals surface area contributed by atoms with Crippen LogP contribution in [0.3, 0.4) is 0 Å². The van der Waals surface area contributed by atoms with Gasteiger partial charge < -0.3 is 19.6 Å². The maximum atomic E-state index is 13.7. The molecule has 0 spiro atoms. The van der Waals surface area contributed by atoms with Gasteiger partial charge in [0.05, 0.1) is 35.3 Å².